The summed E-state index contributed by atoms with van der Waals surface area (Å²) in [6, 6.07) is 0.210. The lowest BCUT2D eigenvalue weighted by Crippen LogP contribution is -2.27. The van der Waals surface area contributed by atoms with E-state index in [1.807, 2.05) is 4.57 Å². The zero-order valence-electron chi connectivity index (χ0n) is 16.5. The molecule has 0 bridgehead atoms. The molecule has 152 valence electrons. The molecule has 0 atom stereocenters. The van der Waals surface area contributed by atoms with E-state index in [1.165, 1.54) is 28.6 Å². The van der Waals surface area contributed by atoms with Gasteiger partial charge in [-0.2, -0.15) is 0 Å². The molecule has 0 saturated heterocycles. The predicted molar refractivity (Wildman–Crippen MR) is 115 cm³/mol. The first-order valence-electron chi connectivity index (χ1n) is 10.5. The predicted octanol–water partition coefficient (Wildman–Crippen LogP) is 4.89. The normalized spacial score (nSPS) is 17.2. The lowest BCUT2D eigenvalue weighted by Gasteiger charge is -2.18. The maximum Gasteiger partial charge on any atom is 0.316 e. The number of ether oxygens (including phenoxy) is 1. The quantitative estimate of drug-likeness (QED) is 0.276. The summed E-state index contributed by atoms with van der Waals surface area (Å²) in [4.78, 5) is 32.7. The van der Waals surface area contributed by atoms with Crippen molar-refractivity contribution in [3.63, 3.8) is 0 Å². The van der Waals surface area contributed by atoms with Crippen LogP contribution in [0, 0.1) is 0 Å². The van der Waals surface area contributed by atoms with Crippen molar-refractivity contribution < 1.29 is 9.53 Å². The molecule has 2 aliphatic carbocycles. The van der Waals surface area contributed by atoms with Crippen LogP contribution in [-0.2, 0) is 22.4 Å². The first kappa shape index (κ1) is 20.0. The Bertz CT molecular complexity index is 912. The molecule has 2 aromatic rings. The third kappa shape index (κ3) is 4.01. The van der Waals surface area contributed by atoms with Crippen molar-refractivity contribution in [2.24, 2.45) is 0 Å². The van der Waals surface area contributed by atoms with Crippen molar-refractivity contribution >= 4 is 39.3 Å². The molecule has 0 N–H and O–H groups in total. The van der Waals surface area contributed by atoms with Gasteiger partial charge in [-0.05, 0) is 50.5 Å². The van der Waals surface area contributed by atoms with Crippen LogP contribution in [0.5, 0.6) is 0 Å². The Morgan fingerprint density at radius 3 is 2.82 bits per heavy atom. The van der Waals surface area contributed by atoms with E-state index in [4.69, 9.17) is 9.72 Å². The van der Waals surface area contributed by atoms with Gasteiger partial charge in [-0.1, -0.05) is 37.9 Å². The summed E-state index contributed by atoms with van der Waals surface area (Å²) in [7, 11) is 0. The summed E-state index contributed by atoms with van der Waals surface area (Å²) in [6.07, 6.45) is 10.6. The monoisotopic (exact) mass is 420 g/mol. The number of carbonyl (C=O) groups excluding carboxylic acids is 1. The average molecular weight is 421 g/mol. The fraction of sp³-hybridized carbons (Fsp3) is 0.667. The number of thiophene rings is 1. The van der Waals surface area contributed by atoms with E-state index in [0.29, 0.717) is 11.8 Å². The number of carbonyl (C=O) groups is 1. The van der Waals surface area contributed by atoms with Crippen LogP contribution in [0.3, 0.4) is 0 Å². The van der Waals surface area contributed by atoms with E-state index in [-0.39, 0.29) is 23.3 Å². The second-order valence-corrected chi connectivity index (χ2v) is 9.79. The number of thioether (sulfide) groups is 1. The molecule has 0 unspecified atom stereocenters. The summed E-state index contributed by atoms with van der Waals surface area (Å²) in [5, 5.41) is 1.54. The number of aryl methyl sites for hydroxylation is 2. The van der Waals surface area contributed by atoms with E-state index in [9.17, 15) is 9.59 Å². The minimum Gasteiger partial charge on any atom is -0.465 e. The van der Waals surface area contributed by atoms with Crippen molar-refractivity contribution in [2.75, 3.05) is 12.4 Å². The molecule has 2 aromatic heterocycles. The molecular weight excluding hydrogens is 392 g/mol. The van der Waals surface area contributed by atoms with E-state index in [2.05, 4.69) is 6.92 Å². The topological polar surface area (TPSA) is 61.2 Å². The lowest BCUT2D eigenvalue weighted by atomic mass is 9.97. The Kier molecular flexibility index (Phi) is 6.41. The van der Waals surface area contributed by atoms with Crippen LogP contribution in [0.25, 0.3) is 10.2 Å². The number of hydrogen-bond donors (Lipinski definition) is 0. The SMILES string of the molecule is CCCCOC(=O)CSc1nc2sc3c(c2c(=O)n1C1CCCC1)CCCC3. The molecule has 0 spiro atoms. The van der Waals surface area contributed by atoms with Crippen LogP contribution in [0.15, 0.2) is 9.95 Å². The van der Waals surface area contributed by atoms with Gasteiger partial charge >= 0.3 is 5.97 Å². The highest BCUT2D eigenvalue weighted by Crippen LogP contribution is 2.37. The van der Waals surface area contributed by atoms with E-state index in [0.717, 1.165) is 68.0 Å². The van der Waals surface area contributed by atoms with Gasteiger partial charge in [0.25, 0.3) is 5.56 Å². The van der Waals surface area contributed by atoms with Crippen LogP contribution < -0.4 is 5.56 Å². The van der Waals surface area contributed by atoms with E-state index < -0.39 is 0 Å². The van der Waals surface area contributed by atoms with Crippen LogP contribution >= 0.6 is 23.1 Å². The van der Waals surface area contributed by atoms with Gasteiger partial charge in [0.05, 0.1) is 17.7 Å². The number of rotatable bonds is 7. The van der Waals surface area contributed by atoms with Crippen molar-refractivity contribution in [3.05, 3.63) is 20.8 Å². The van der Waals surface area contributed by atoms with Gasteiger partial charge in [-0.3, -0.25) is 14.2 Å². The third-order valence-corrected chi connectivity index (χ3v) is 7.87. The standard InChI is InChI=1S/C21H28N2O3S2/c1-2-3-12-26-17(24)13-27-21-22-19-18(15-10-6-7-11-16(15)28-19)20(25)23(21)14-8-4-5-9-14/h14H,2-13H2,1H3. The highest BCUT2D eigenvalue weighted by molar-refractivity contribution is 7.99. The fourth-order valence-electron chi connectivity index (χ4n) is 4.28. The number of esters is 1. The van der Waals surface area contributed by atoms with Gasteiger partial charge in [-0.25, -0.2) is 4.98 Å². The largest absolute Gasteiger partial charge is 0.465 e. The molecule has 0 amide bonds. The summed E-state index contributed by atoms with van der Waals surface area (Å²) < 4.78 is 7.18. The number of unbranched alkanes of at least 4 members (excludes halogenated alkanes) is 1. The average Bonchev–Trinajstić information content (AvgIpc) is 3.34. The third-order valence-electron chi connectivity index (χ3n) is 5.76. The van der Waals surface area contributed by atoms with Gasteiger partial charge in [0, 0.05) is 10.9 Å². The minimum absolute atomic E-state index is 0.109. The minimum atomic E-state index is -0.226. The van der Waals surface area contributed by atoms with Crippen molar-refractivity contribution in [2.45, 2.75) is 82.3 Å². The van der Waals surface area contributed by atoms with Gasteiger partial charge in [-0.15, -0.1) is 11.3 Å². The van der Waals surface area contributed by atoms with Crippen LogP contribution in [0.2, 0.25) is 0 Å². The number of nitrogens with zero attached hydrogens (tertiary/aromatic N) is 2. The molecule has 4 rings (SSSR count). The summed E-state index contributed by atoms with van der Waals surface area (Å²) in [5.74, 6) is -0.0179. The lowest BCUT2D eigenvalue weighted by molar-refractivity contribution is -0.140. The fourth-order valence-corrected chi connectivity index (χ4v) is 6.45. The number of aromatic nitrogens is 2. The first-order chi connectivity index (χ1) is 13.7. The zero-order chi connectivity index (χ0) is 19.5. The van der Waals surface area contributed by atoms with Crippen LogP contribution in [-0.4, -0.2) is 27.9 Å². The summed E-state index contributed by atoms with van der Waals surface area (Å²) in [6.45, 7) is 2.54. The molecule has 5 nitrogen and oxygen atoms in total. The maximum absolute atomic E-state index is 13.5. The summed E-state index contributed by atoms with van der Waals surface area (Å²) in [5.41, 5.74) is 1.35. The van der Waals surface area contributed by atoms with Gasteiger partial charge in [0.1, 0.15) is 4.83 Å². The number of fused-ring (bicyclic) bond motifs is 3. The molecule has 1 fully saturated rings. The van der Waals surface area contributed by atoms with Gasteiger partial charge < -0.3 is 4.74 Å². The van der Waals surface area contributed by atoms with Crippen LogP contribution in [0.1, 0.15) is 74.8 Å². The Labute approximate surface area is 173 Å². The highest BCUT2D eigenvalue weighted by atomic mass is 32.2. The van der Waals surface area contributed by atoms with Crippen molar-refractivity contribution in [3.8, 4) is 0 Å². The molecule has 2 heterocycles. The van der Waals surface area contributed by atoms with Crippen molar-refractivity contribution in [1.82, 2.24) is 9.55 Å². The Balaban J connectivity index is 1.67. The Hall–Kier alpha value is -1.34. The molecule has 28 heavy (non-hydrogen) atoms. The first-order valence-corrected chi connectivity index (χ1v) is 12.3. The van der Waals surface area contributed by atoms with E-state index >= 15 is 0 Å². The smallest absolute Gasteiger partial charge is 0.316 e. The van der Waals surface area contributed by atoms with Crippen LogP contribution in [0.4, 0.5) is 0 Å². The van der Waals surface area contributed by atoms with Gasteiger partial charge in [0.15, 0.2) is 5.16 Å². The summed E-state index contributed by atoms with van der Waals surface area (Å²) >= 11 is 3.04. The highest BCUT2D eigenvalue weighted by Gasteiger charge is 2.27. The molecule has 1 saturated carbocycles. The maximum atomic E-state index is 13.5. The molecular formula is C21H28N2O3S2. The molecule has 7 heteroatoms. The molecule has 0 aliphatic heterocycles. The zero-order valence-corrected chi connectivity index (χ0v) is 18.1. The van der Waals surface area contributed by atoms with Gasteiger partial charge in [0.2, 0.25) is 0 Å². The van der Waals surface area contributed by atoms with E-state index in [1.54, 1.807) is 11.3 Å². The van der Waals surface area contributed by atoms with Crippen molar-refractivity contribution in [1.29, 1.82) is 0 Å². The Morgan fingerprint density at radius 2 is 2.04 bits per heavy atom. The molecule has 0 aromatic carbocycles. The Morgan fingerprint density at radius 1 is 1.25 bits per heavy atom. The number of hydrogen-bond acceptors (Lipinski definition) is 6. The molecule has 0 radical (unpaired) electrons. The molecule has 2 aliphatic rings. The second kappa shape index (κ2) is 8.99. The second-order valence-electron chi connectivity index (χ2n) is 7.76.